The number of rotatable bonds is 13. The van der Waals surface area contributed by atoms with Crippen LogP contribution in [0.2, 0.25) is 10.0 Å². The lowest BCUT2D eigenvalue weighted by Crippen LogP contribution is -2.61. The van der Waals surface area contributed by atoms with Crippen LogP contribution in [0.4, 0.5) is 5.13 Å². The Morgan fingerprint density at radius 2 is 1.60 bits per heavy atom. The van der Waals surface area contributed by atoms with Crippen LogP contribution in [0.1, 0.15) is 59.0 Å². The van der Waals surface area contributed by atoms with Crippen LogP contribution in [0.3, 0.4) is 0 Å². The van der Waals surface area contributed by atoms with Crippen molar-refractivity contribution >= 4 is 67.5 Å². The van der Waals surface area contributed by atoms with Crippen LogP contribution in [0.15, 0.2) is 107 Å². The van der Waals surface area contributed by atoms with Crippen LogP contribution >= 0.6 is 34.5 Å². The predicted molar refractivity (Wildman–Crippen MR) is 253 cm³/mol. The van der Waals surface area contributed by atoms with Gasteiger partial charge in [-0.3, -0.25) is 9.59 Å². The van der Waals surface area contributed by atoms with E-state index in [1.807, 2.05) is 66.7 Å². The summed E-state index contributed by atoms with van der Waals surface area (Å²) in [7, 11) is -3.26. The SMILES string of the molecule is COC(=O)[C@](C)(Cc1ccc(-c2ccc(C#N)cc2)cc1)NC(=O)C1Cc2cc3c(cc2CN1S(=O)(=O)c1sc(NC(C)=O)nc1C)O[C@@H](c1ccc(OCc2ccc(Cl)c(Cl)c2)cc1)CO3. The van der Waals surface area contributed by atoms with Crippen LogP contribution in [0, 0.1) is 18.3 Å². The van der Waals surface area contributed by atoms with Crippen molar-refractivity contribution in [1.29, 1.82) is 5.26 Å². The van der Waals surface area contributed by atoms with Crippen molar-refractivity contribution < 1.29 is 41.7 Å². The fourth-order valence-electron chi connectivity index (χ4n) is 7.98. The van der Waals surface area contributed by atoms with Crippen molar-refractivity contribution in [2.45, 2.75) is 68.7 Å². The molecule has 8 rings (SSSR count). The van der Waals surface area contributed by atoms with Gasteiger partial charge in [-0.05, 0) is 108 Å². The number of anilines is 1. The van der Waals surface area contributed by atoms with Gasteiger partial charge in [0.05, 0.1) is 34.5 Å². The lowest BCUT2D eigenvalue weighted by atomic mass is 9.90. The van der Waals surface area contributed by atoms with E-state index in [1.54, 1.807) is 36.4 Å². The minimum atomic E-state index is -4.48. The lowest BCUT2D eigenvalue weighted by Gasteiger charge is -2.38. The number of carbonyl (C=O) groups is 3. The molecule has 0 bridgehead atoms. The van der Waals surface area contributed by atoms with Crippen LogP contribution in [0.5, 0.6) is 17.2 Å². The van der Waals surface area contributed by atoms with Crippen LogP contribution in [0.25, 0.3) is 11.1 Å². The third kappa shape index (κ3) is 10.3. The summed E-state index contributed by atoms with van der Waals surface area (Å²) < 4.78 is 54.4. The van der Waals surface area contributed by atoms with Crippen LogP contribution < -0.4 is 24.8 Å². The number of thiazole rings is 1. The molecule has 1 unspecified atom stereocenters. The predicted octanol–water partition coefficient (Wildman–Crippen LogP) is 8.75. The molecule has 3 heterocycles. The van der Waals surface area contributed by atoms with E-state index in [-0.39, 0.29) is 47.6 Å². The molecule has 0 radical (unpaired) electrons. The molecular weight excluding hydrogens is 938 g/mol. The quantitative estimate of drug-likeness (QED) is 0.105. The number of carbonyl (C=O) groups excluding carboxylic acids is 3. The van der Waals surface area contributed by atoms with Crippen molar-refractivity contribution in [3.05, 3.63) is 152 Å². The number of hydrogen-bond acceptors (Lipinski definition) is 12. The van der Waals surface area contributed by atoms with Gasteiger partial charge < -0.3 is 29.6 Å². The number of nitrogens with one attached hydrogen (secondary N) is 2. The summed E-state index contributed by atoms with van der Waals surface area (Å²) in [5.74, 6) is -0.458. The summed E-state index contributed by atoms with van der Waals surface area (Å²) >= 11 is 13.0. The first-order chi connectivity index (χ1) is 32.0. The maximum Gasteiger partial charge on any atom is 0.331 e. The number of fused-ring (bicyclic) bond motifs is 2. The molecule has 67 heavy (non-hydrogen) atoms. The molecule has 0 saturated heterocycles. The highest BCUT2D eigenvalue weighted by Crippen LogP contribution is 2.43. The third-order valence-electron chi connectivity index (χ3n) is 11.4. The highest BCUT2D eigenvalue weighted by Gasteiger charge is 2.45. The van der Waals surface area contributed by atoms with E-state index < -0.39 is 45.5 Å². The Balaban J connectivity index is 1.05. The van der Waals surface area contributed by atoms with Gasteiger partial charge in [0.2, 0.25) is 11.8 Å². The smallest absolute Gasteiger partial charge is 0.331 e. The summed E-state index contributed by atoms with van der Waals surface area (Å²) in [6.45, 7) is 4.54. The lowest BCUT2D eigenvalue weighted by molar-refractivity contribution is -0.150. The molecule has 0 spiro atoms. The van der Waals surface area contributed by atoms with Gasteiger partial charge in [-0.25, -0.2) is 18.2 Å². The Morgan fingerprint density at radius 3 is 2.25 bits per heavy atom. The third-order valence-corrected chi connectivity index (χ3v) is 15.7. The van der Waals surface area contributed by atoms with Crippen molar-refractivity contribution in [3.63, 3.8) is 0 Å². The summed E-state index contributed by atoms with van der Waals surface area (Å²) in [4.78, 5) is 44.5. The maximum atomic E-state index is 14.8. The highest BCUT2D eigenvalue weighted by molar-refractivity contribution is 7.91. The Labute approximate surface area is 401 Å². The van der Waals surface area contributed by atoms with E-state index in [0.717, 1.165) is 37.9 Å². The first-order valence-electron chi connectivity index (χ1n) is 20.9. The number of nitrogens with zero attached hydrogens (tertiary/aromatic N) is 3. The maximum absolute atomic E-state index is 14.8. The number of aromatic nitrogens is 1. The molecule has 0 aliphatic carbocycles. The number of aryl methyl sites for hydroxylation is 1. The number of methoxy groups -OCH3 is 1. The van der Waals surface area contributed by atoms with E-state index in [0.29, 0.717) is 49.5 Å². The van der Waals surface area contributed by atoms with E-state index in [4.69, 9.17) is 42.1 Å². The zero-order valence-electron chi connectivity index (χ0n) is 36.6. The number of sulfonamides is 1. The molecule has 3 atom stereocenters. The minimum Gasteiger partial charge on any atom is -0.489 e. The summed E-state index contributed by atoms with van der Waals surface area (Å²) in [6, 6.07) is 31.5. The molecule has 6 aromatic rings. The Hall–Kier alpha value is -6.48. The number of hydrogen-bond donors (Lipinski definition) is 2. The molecule has 2 N–H and O–H groups in total. The number of amides is 2. The van der Waals surface area contributed by atoms with Crippen molar-refractivity contribution in [2.75, 3.05) is 19.0 Å². The second-order valence-corrected chi connectivity index (χ2v) is 20.2. The number of halogens is 2. The average Bonchev–Trinajstić information content (AvgIpc) is 3.70. The molecule has 0 fully saturated rings. The van der Waals surface area contributed by atoms with Crippen molar-refractivity contribution in [2.24, 2.45) is 0 Å². The number of ether oxygens (including phenoxy) is 4. The fourth-order valence-corrected chi connectivity index (χ4v) is 11.4. The Morgan fingerprint density at radius 1 is 0.925 bits per heavy atom. The van der Waals surface area contributed by atoms with Crippen LogP contribution in [-0.2, 0) is 55.1 Å². The fraction of sp³-hybridized carbons (Fsp3) is 0.245. The molecule has 2 amide bonds. The van der Waals surface area contributed by atoms with Gasteiger partial charge in [-0.15, -0.1) is 0 Å². The largest absolute Gasteiger partial charge is 0.489 e. The van der Waals surface area contributed by atoms with Gasteiger partial charge in [0.15, 0.2) is 26.9 Å². The molecule has 2 aliphatic rings. The van der Waals surface area contributed by atoms with Crippen LogP contribution in [-0.4, -0.2) is 60.8 Å². The van der Waals surface area contributed by atoms with E-state index in [9.17, 15) is 28.1 Å². The standard InChI is InChI=1S/C49H43Cl2N5O9S2/c1-28-46(66-48(53-28)54-29(2)57)67(60,61)56-25-37-22-43-42(64-27-44(65-43)35-14-16-38(17-15-35)63-26-32-9-18-39(50)40(51)19-32)21-36(37)20-41(56)45(58)55-49(3,47(59)62-4)23-30-5-10-33(11-6-30)34-12-7-31(24-52)8-13-34/h5-19,21-22,41,44H,20,23,25-27H2,1-4H3,(H,55,58)(H,53,54,57)/t41?,44-,49+/m1/s1. The number of benzene rings is 5. The highest BCUT2D eigenvalue weighted by atomic mass is 35.5. The Bertz CT molecular complexity index is 3030. The monoisotopic (exact) mass is 979 g/mol. The van der Waals surface area contributed by atoms with Gasteiger partial charge in [0, 0.05) is 19.9 Å². The number of esters is 1. The van der Waals surface area contributed by atoms with Crippen molar-refractivity contribution in [3.8, 4) is 34.4 Å². The average molecular weight is 981 g/mol. The molecule has 14 nitrogen and oxygen atoms in total. The molecule has 5 aromatic carbocycles. The van der Waals surface area contributed by atoms with E-state index in [2.05, 4.69) is 21.7 Å². The summed E-state index contributed by atoms with van der Waals surface area (Å²) in [5, 5.41) is 15.6. The minimum absolute atomic E-state index is 0.0114. The molecule has 344 valence electrons. The molecule has 0 saturated carbocycles. The van der Waals surface area contributed by atoms with Gasteiger partial charge >= 0.3 is 5.97 Å². The zero-order valence-corrected chi connectivity index (χ0v) is 39.7. The second kappa shape index (κ2) is 19.4. The summed E-state index contributed by atoms with van der Waals surface area (Å²) in [5.41, 5.74) is 4.40. The van der Waals surface area contributed by atoms with Gasteiger partial charge in [0.25, 0.3) is 10.0 Å². The molecule has 2 aliphatic heterocycles. The van der Waals surface area contributed by atoms with E-state index in [1.165, 1.54) is 27.9 Å². The molecular formula is C49H43Cl2N5O9S2. The van der Waals surface area contributed by atoms with Gasteiger partial charge in [-0.2, -0.15) is 9.57 Å². The number of nitriles is 1. The van der Waals surface area contributed by atoms with Gasteiger partial charge in [0.1, 0.15) is 30.5 Å². The first kappa shape index (κ1) is 47.0. The van der Waals surface area contributed by atoms with E-state index >= 15 is 0 Å². The zero-order chi connectivity index (χ0) is 47.6. The molecule has 18 heteroatoms. The summed E-state index contributed by atoms with van der Waals surface area (Å²) in [6.07, 6.45) is -0.582. The Kier molecular flexibility index (Phi) is 13.6. The normalized spacial score (nSPS) is 16.4. The van der Waals surface area contributed by atoms with Gasteiger partial charge in [-0.1, -0.05) is 89.1 Å². The molecule has 1 aromatic heterocycles. The topological polar surface area (TPSA) is 186 Å². The first-order valence-corrected chi connectivity index (χ1v) is 23.9. The second-order valence-electron chi connectivity index (χ2n) is 16.3. The van der Waals surface area contributed by atoms with Crippen molar-refractivity contribution in [1.82, 2.24) is 14.6 Å².